The Morgan fingerprint density at radius 1 is 0.500 bits per heavy atom. The van der Waals surface area contributed by atoms with Crippen molar-refractivity contribution in [1.82, 2.24) is 0 Å². The predicted molar refractivity (Wildman–Crippen MR) is 241 cm³/mol. The van der Waals surface area contributed by atoms with E-state index in [-0.39, 0.29) is 12.3 Å². The van der Waals surface area contributed by atoms with Gasteiger partial charge in [0.25, 0.3) is 7.37 Å². The third kappa shape index (κ3) is 36.4. The Hall–Kier alpha value is -0.680. The van der Waals surface area contributed by atoms with Crippen LogP contribution in [0.15, 0.2) is 30.3 Å². The number of para-hydroxylation sites is 1. The molecule has 0 unspecified atom stereocenters. The lowest BCUT2D eigenvalue weighted by Gasteiger charge is -2.23. The van der Waals surface area contributed by atoms with Crippen LogP contribution in [0.2, 0.25) is 0 Å². The fourth-order valence-corrected chi connectivity index (χ4v) is 11.8. The van der Waals surface area contributed by atoms with Crippen LogP contribution in [0.4, 0.5) is 0 Å². The second kappa shape index (κ2) is 38.5. The minimum Gasteiger partial charge on any atom is -0.442 e. The van der Waals surface area contributed by atoms with E-state index in [0.717, 1.165) is 25.7 Å². The molecule has 0 amide bonds. The summed E-state index contributed by atoms with van der Waals surface area (Å²) in [5, 5.41) is 0. The summed E-state index contributed by atoms with van der Waals surface area (Å²) < 4.78 is 43.9. The molecule has 1 aromatic carbocycles. The van der Waals surface area contributed by atoms with Crippen LogP contribution in [-0.2, 0) is 18.6 Å². The summed E-state index contributed by atoms with van der Waals surface area (Å²) in [6.07, 6.45) is 42.5. The van der Waals surface area contributed by atoms with Crippen molar-refractivity contribution >= 4 is 15.0 Å². The number of ether oxygens (including phenoxy) is 2. The van der Waals surface area contributed by atoms with E-state index >= 15 is 0 Å². The molecule has 9 heteroatoms. The third-order valence-electron chi connectivity index (χ3n) is 11.0. The zero-order valence-electron chi connectivity index (χ0n) is 36.7. The van der Waals surface area contributed by atoms with Crippen molar-refractivity contribution in [1.29, 1.82) is 0 Å². The van der Waals surface area contributed by atoms with Crippen molar-refractivity contribution < 1.29 is 32.9 Å². The molecule has 0 aliphatic rings. The molecule has 0 bridgehead atoms. The molecule has 1 rings (SSSR count). The van der Waals surface area contributed by atoms with Gasteiger partial charge in [0.05, 0.1) is 12.7 Å². The van der Waals surface area contributed by atoms with Gasteiger partial charge in [-0.25, -0.2) is 0 Å². The van der Waals surface area contributed by atoms with E-state index in [4.69, 9.17) is 14.0 Å². The Morgan fingerprint density at radius 3 is 1.23 bits per heavy atom. The van der Waals surface area contributed by atoms with Gasteiger partial charge in [0.2, 0.25) is 0 Å². The molecule has 1 aromatic rings. The molecule has 2 atom stereocenters. The van der Waals surface area contributed by atoms with Gasteiger partial charge in [-0.3, -0.25) is 9.13 Å². The first-order valence-corrected chi connectivity index (χ1v) is 27.6. The van der Waals surface area contributed by atoms with Gasteiger partial charge >= 0.3 is 7.60 Å². The Labute approximate surface area is 346 Å². The van der Waals surface area contributed by atoms with Crippen molar-refractivity contribution in [2.24, 2.45) is 0 Å². The summed E-state index contributed by atoms with van der Waals surface area (Å²) in [5.74, 6) is -0.421. The second-order valence-corrected chi connectivity index (χ2v) is 21.4. The lowest BCUT2D eigenvalue weighted by atomic mass is 10.0. The molecule has 0 spiro atoms. The lowest BCUT2D eigenvalue weighted by molar-refractivity contribution is -0.0198. The summed E-state index contributed by atoms with van der Waals surface area (Å²) in [5.41, 5.74) is 0. The van der Waals surface area contributed by atoms with Crippen molar-refractivity contribution in [3.8, 4) is 5.75 Å². The van der Waals surface area contributed by atoms with Crippen molar-refractivity contribution in [2.75, 3.05) is 31.9 Å². The Kier molecular flexibility index (Phi) is 36.7. The minimum atomic E-state index is -4.56. The number of hydrogen-bond acceptors (Lipinski definition) is 5. The van der Waals surface area contributed by atoms with Gasteiger partial charge in [0, 0.05) is 19.4 Å². The molecule has 2 N–H and O–H groups in total. The first kappa shape index (κ1) is 53.3. The van der Waals surface area contributed by atoms with E-state index in [9.17, 15) is 18.9 Å². The maximum absolute atomic E-state index is 13.8. The topological polar surface area (TPSA) is 102 Å². The minimum absolute atomic E-state index is 0.0268. The Bertz CT molecular complexity index is 1050. The molecule has 0 radical (unpaired) electrons. The zero-order chi connectivity index (χ0) is 40.7. The highest BCUT2D eigenvalue weighted by atomic mass is 31.2. The fourth-order valence-electron chi connectivity index (χ4n) is 7.52. The fraction of sp³-hybridized carbons (Fsp3) is 0.872. The maximum atomic E-state index is 13.8. The summed E-state index contributed by atoms with van der Waals surface area (Å²) >= 11 is 0. The lowest BCUT2D eigenvalue weighted by Crippen LogP contribution is -2.23. The monoisotopic (exact) mass is 829 g/mol. The predicted octanol–water partition coefficient (Wildman–Crippen LogP) is 15.8. The van der Waals surface area contributed by atoms with Gasteiger partial charge in [-0.2, -0.15) is 0 Å². The highest BCUT2D eigenvalue weighted by molar-refractivity contribution is 7.73. The van der Waals surface area contributed by atoms with E-state index in [0.29, 0.717) is 32.0 Å². The van der Waals surface area contributed by atoms with Gasteiger partial charge in [-0.1, -0.05) is 225 Å². The highest BCUT2D eigenvalue weighted by Gasteiger charge is 2.34. The molecular formula is C47H90O7P2. The molecule has 0 saturated heterocycles. The molecule has 0 saturated carbocycles. The molecular weight excluding hydrogens is 738 g/mol. The molecule has 0 fully saturated rings. The van der Waals surface area contributed by atoms with E-state index in [2.05, 4.69) is 13.8 Å². The zero-order valence-corrected chi connectivity index (χ0v) is 38.5. The normalized spacial score (nSPS) is 13.6. The first-order chi connectivity index (χ1) is 27.3. The van der Waals surface area contributed by atoms with E-state index < -0.39 is 20.9 Å². The van der Waals surface area contributed by atoms with Gasteiger partial charge in [0.1, 0.15) is 11.7 Å². The average molecular weight is 829 g/mol. The van der Waals surface area contributed by atoms with Crippen LogP contribution in [0.1, 0.15) is 226 Å². The van der Waals surface area contributed by atoms with Crippen molar-refractivity contribution in [3.05, 3.63) is 30.3 Å². The number of benzene rings is 1. The quantitative estimate of drug-likeness (QED) is 0.0499. The van der Waals surface area contributed by atoms with Gasteiger partial charge in [-0.05, 0) is 31.4 Å². The molecule has 0 aromatic heterocycles. The van der Waals surface area contributed by atoms with Gasteiger partial charge < -0.3 is 23.8 Å². The van der Waals surface area contributed by atoms with Crippen LogP contribution < -0.4 is 4.52 Å². The van der Waals surface area contributed by atoms with E-state index in [1.807, 2.05) is 6.07 Å². The van der Waals surface area contributed by atoms with Crippen LogP contribution in [-0.4, -0.2) is 47.8 Å². The third-order valence-corrected chi connectivity index (χ3v) is 15.7. The molecule has 7 nitrogen and oxygen atoms in total. The summed E-state index contributed by atoms with van der Waals surface area (Å²) in [6.45, 7) is 6.21. The van der Waals surface area contributed by atoms with Crippen LogP contribution in [0.25, 0.3) is 0 Å². The second-order valence-electron chi connectivity index (χ2n) is 16.7. The van der Waals surface area contributed by atoms with Crippen LogP contribution >= 0.6 is 15.0 Å². The maximum Gasteiger partial charge on any atom is 0.336 e. The van der Waals surface area contributed by atoms with E-state index in [1.54, 1.807) is 24.3 Å². The van der Waals surface area contributed by atoms with Crippen LogP contribution in [0.3, 0.4) is 0 Å². The van der Waals surface area contributed by atoms with Crippen molar-refractivity contribution in [3.63, 3.8) is 0 Å². The first-order valence-electron chi connectivity index (χ1n) is 23.8. The highest BCUT2D eigenvalue weighted by Crippen LogP contribution is 2.58. The largest absolute Gasteiger partial charge is 0.442 e. The van der Waals surface area contributed by atoms with Crippen molar-refractivity contribution in [2.45, 2.75) is 232 Å². The van der Waals surface area contributed by atoms with Gasteiger partial charge in [-0.15, -0.1) is 0 Å². The van der Waals surface area contributed by atoms with Crippen LogP contribution in [0, 0.1) is 0 Å². The number of rotatable bonds is 44. The Morgan fingerprint density at radius 2 is 0.857 bits per heavy atom. The molecule has 0 aliphatic carbocycles. The van der Waals surface area contributed by atoms with Crippen LogP contribution in [0.5, 0.6) is 5.75 Å². The average Bonchev–Trinajstić information content (AvgIpc) is 3.17. The molecule has 0 aliphatic heterocycles. The van der Waals surface area contributed by atoms with Gasteiger partial charge in [0.15, 0.2) is 0 Å². The summed E-state index contributed by atoms with van der Waals surface area (Å²) in [6, 6.07) is 8.67. The standard InChI is InChI=1S/C47H90O7P2/c1-3-5-7-9-11-13-15-17-19-21-23-25-27-29-31-36-41-52-44-47(40-43-55(48,45-56(49,50)51)54-46-38-34-33-35-39-46)53-42-37-32-30-28-26-24-22-20-18-16-14-12-10-8-6-4-2/h33-35,38-39,47H,3-32,36-37,40-45H2,1-2H3,(H2,49,50,51)/t47-,55-/m1/s1. The molecule has 330 valence electrons. The summed E-state index contributed by atoms with van der Waals surface area (Å²) in [4.78, 5) is 19.5. The molecule has 0 heterocycles. The Balaban J connectivity index is 2.31. The molecule has 56 heavy (non-hydrogen) atoms. The SMILES string of the molecule is CCCCCCCCCCCCCCCCCCOC[C@@H](CC[P@](=O)(CP(=O)(O)O)Oc1ccccc1)OCCCCCCCCCCCCCCCCCC. The summed E-state index contributed by atoms with van der Waals surface area (Å²) in [7, 11) is -8.23. The van der Waals surface area contributed by atoms with E-state index in [1.165, 1.54) is 180 Å². The smallest absolute Gasteiger partial charge is 0.336 e. The number of hydrogen-bond donors (Lipinski definition) is 2. The number of unbranched alkanes of at least 4 members (excludes halogenated alkanes) is 30.